The highest BCUT2D eigenvalue weighted by Crippen LogP contribution is 2.47. The molecule has 7 N–H and O–H groups in total. The molecule has 0 aliphatic carbocycles. The molecule has 5 rings (SSSR count). The van der Waals surface area contributed by atoms with E-state index >= 15 is 0 Å². The zero-order chi connectivity index (χ0) is 27.8. The smallest absolute Gasteiger partial charge is 0.338 e. The monoisotopic (exact) mass is 532 g/mol. The number of phenols is 7. The van der Waals surface area contributed by atoms with Gasteiger partial charge in [-0.3, -0.25) is 0 Å². The van der Waals surface area contributed by atoms with Gasteiger partial charge in [0.2, 0.25) is 0 Å². The van der Waals surface area contributed by atoms with Crippen molar-refractivity contribution in [2.24, 2.45) is 0 Å². The SMILES string of the molecule is O=C(O[C@@H]1Cc2c(O)cc(O)c(Cc3ccccc3)c2O[C@@H]1c1ccc(O)c(O)c1)c1cc(O)c(O)c(O)c1. The maximum absolute atomic E-state index is 13.0. The minimum Gasteiger partial charge on any atom is -0.507 e. The Labute approximate surface area is 221 Å². The molecule has 200 valence electrons. The van der Waals surface area contributed by atoms with E-state index in [4.69, 9.17) is 9.47 Å². The second kappa shape index (κ2) is 9.90. The van der Waals surface area contributed by atoms with Crippen molar-refractivity contribution in [3.05, 3.63) is 94.5 Å². The fourth-order valence-electron chi connectivity index (χ4n) is 4.57. The van der Waals surface area contributed by atoms with Crippen molar-refractivity contribution in [2.75, 3.05) is 0 Å². The van der Waals surface area contributed by atoms with Crippen LogP contribution < -0.4 is 4.74 Å². The molecule has 1 aliphatic heterocycles. The molecule has 0 fully saturated rings. The average Bonchev–Trinajstić information content (AvgIpc) is 2.91. The quantitative estimate of drug-likeness (QED) is 0.146. The van der Waals surface area contributed by atoms with Crippen LogP contribution in [0.2, 0.25) is 0 Å². The summed E-state index contributed by atoms with van der Waals surface area (Å²) in [5, 5.41) is 70.6. The van der Waals surface area contributed by atoms with Gasteiger partial charge in [0.15, 0.2) is 34.9 Å². The predicted molar refractivity (Wildman–Crippen MR) is 137 cm³/mol. The summed E-state index contributed by atoms with van der Waals surface area (Å²) in [6, 6.07) is 16.2. The molecule has 2 atom stereocenters. The Bertz CT molecular complexity index is 1540. The Morgan fingerprint density at radius 2 is 1.46 bits per heavy atom. The first-order valence-corrected chi connectivity index (χ1v) is 11.9. The molecule has 0 radical (unpaired) electrons. The van der Waals surface area contributed by atoms with Crippen LogP contribution in [0.15, 0.2) is 66.7 Å². The van der Waals surface area contributed by atoms with Crippen LogP contribution in [0.4, 0.5) is 0 Å². The highest BCUT2D eigenvalue weighted by Gasteiger charge is 2.38. The molecule has 4 aromatic carbocycles. The number of phenolic OH excluding ortho intramolecular Hbond substituents is 7. The highest BCUT2D eigenvalue weighted by molar-refractivity contribution is 5.91. The van der Waals surface area contributed by atoms with Gasteiger partial charge in [-0.05, 0) is 29.8 Å². The first-order valence-electron chi connectivity index (χ1n) is 11.9. The van der Waals surface area contributed by atoms with Gasteiger partial charge in [-0.2, -0.15) is 0 Å². The summed E-state index contributed by atoms with van der Waals surface area (Å²) in [5.74, 6) is -4.36. The second-order valence-corrected chi connectivity index (χ2v) is 9.16. The molecule has 10 nitrogen and oxygen atoms in total. The van der Waals surface area contributed by atoms with Crippen LogP contribution in [0.25, 0.3) is 0 Å². The Kier molecular flexibility index (Phi) is 6.45. The number of benzene rings is 4. The third-order valence-corrected chi connectivity index (χ3v) is 6.54. The first kappa shape index (κ1) is 25.4. The molecule has 0 saturated carbocycles. The lowest BCUT2D eigenvalue weighted by Gasteiger charge is -2.35. The maximum atomic E-state index is 13.0. The van der Waals surface area contributed by atoms with E-state index in [2.05, 4.69) is 0 Å². The van der Waals surface area contributed by atoms with E-state index in [0.29, 0.717) is 11.1 Å². The first-order chi connectivity index (χ1) is 18.6. The molecular weight excluding hydrogens is 508 g/mol. The van der Waals surface area contributed by atoms with E-state index in [1.165, 1.54) is 24.3 Å². The van der Waals surface area contributed by atoms with Crippen molar-refractivity contribution >= 4 is 5.97 Å². The van der Waals surface area contributed by atoms with Crippen LogP contribution in [-0.4, -0.2) is 47.8 Å². The van der Waals surface area contributed by atoms with Crippen LogP contribution in [0.1, 0.15) is 38.7 Å². The molecule has 0 unspecified atom stereocenters. The molecular formula is C29H24O10. The minimum absolute atomic E-state index is 0.0721. The van der Waals surface area contributed by atoms with Crippen LogP contribution in [-0.2, 0) is 17.6 Å². The average molecular weight is 533 g/mol. The van der Waals surface area contributed by atoms with Crippen LogP contribution in [0.5, 0.6) is 46.0 Å². The standard InChI is InChI=1S/C29H24O10/c30-19-7-6-15(9-22(19)33)27-25(38-29(37)16-10-23(34)26(36)24(35)11-16)12-18-21(32)13-20(31)17(28(18)39-27)8-14-4-2-1-3-5-14/h1-7,9-11,13,25,27,30-36H,8,12H2/t25-,27-/m1/s1. The van der Waals surface area contributed by atoms with E-state index in [-0.39, 0.29) is 47.0 Å². The fraction of sp³-hybridized carbons (Fsp3) is 0.138. The fourth-order valence-corrected chi connectivity index (χ4v) is 4.57. The van der Waals surface area contributed by atoms with Crippen LogP contribution >= 0.6 is 0 Å². The lowest BCUT2D eigenvalue weighted by atomic mass is 9.90. The number of hydrogen-bond donors (Lipinski definition) is 7. The number of ether oxygens (including phenoxy) is 2. The van der Waals surface area contributed by atoms with Gasteiger partial charge in [0.05, 0.1) is 5.56 Å². The number of aromatic hydroxyl groups is 7. The third kappa shape index (κ3) is 4.87. The lowest BCUT2D eigenvalue weighted by Crippen LogP contribution is -2.35. The molecule has 0 spiro atoms. The van der Waals surface area contributed by atoms with Crippen molar-refractivity contribution in [3.63, 3.8) is 0 Å². The van der Waals surface area contributed by atoms with Gasteiger partial charge in [-0.25, -0.2) is 4.79 Å². The molecule has 1 heterocycles. The summed E-state index contributed by atoms with van der Waals surface area (Å²) < 4.78 is 11.9. The molecule has 39 heavy (non-hydrogen) atoms. The number of rotatable bonds is 5. The van der Waals surface area contributed by atoms with E-state index in [0.717, 1.165) is 17.7 Å². The summed E-state index contributed by atoms with van der Waals surface area (Å²) in [6.07, 6.45) is -1.98. The van der Waals surface area contributed by atoms with Crippen LogP contribution in [0.3, 0.4) is 0 Å². The molecule has 0 bridgehead atoms. The second-order valence-electron chi connectivity index (χ2n) is 9.16. The summed E-state index contributed by atoms with van der Waals surface area (Å²) in [7, 11) is 0. The molecule has 0 saturated heterocycles. The summed E-state index contributed by atoms with van der Waals surface area (Å²) in [5.41, 5.74) is 1.58. The topological polar surface area (TPSA) is 177 Å². The molecule has 0 aromatic heterocycles. The van der Waals surface area contributed by atoms with Crippen LogP contribution in [0, 0.1) is 0 Å². The molecule has 10 heteroatoms. The lowest BCUT2D eigenvalue weighted by molar-refractivity contribution is -0.0192. The van der Waals surface area contributed by atoms with Gasteiger partial charge >= 0.3 is 5.97 Å². The van der Waals surface area contributed by atoms with Crippen molar-refractivity contribution in [1.82, 2.24) is 0 Å². The van der Waals surface area contributed by atoms with Gasteiger partial charge < -0.3 is 45.2 Å². The maximum Gasteiger partial charge on any atom is 0.338 e. The minimum atomic E-state index is -1.10. The number of hydrogen-bond acceptors (Lipinski definition) is 10. The molecule has 4 aromatic rings. The van der Waals surface area contributed by atoms with E-state index < -0.39 is 41.2 Å². The number of carbonyl (C=O) groups excluding carboxylic acids is 1. The Balaban J connectivity index is 1.57. The zero-order valence-electron chi connectivity index (χ0n) is 20.3. The normalized spacial score (nSPS) is 16.2. The molecule has 0 amide bonds. The Morgan fingerprint density at radius 1 is 0.769 bits per heavy atom. The predicted octanol–water partition coefficient (Wildman–Crippen LogP) is 4.12. The number of esters is 1. The zero-order valence-corrected chi connectivity index (χ0v) is 20.3. The van der Waals surface area contributed by atoms with Gasteiger partial charge in [0.25, 0.3) is 0 Å². The van der Waals surface area contributed by atoms with Gasteiger partial charge in [-0.15, -0.1) is 0 Å². The van der Waals surface area contributed by atoms with Crippen molar-refractivity contribution in [2.45, 2.75) is 25.0 Å². The van der Waals surface area contributed by atoms with Gasteiger partial charge in [0, 0.05) is 35.6 Å². The van der Waals surface area contributed by atoms with Gasteiger partial charge in [-0.1, -0.05) is 36.4 Å². The highest BCUT2D eigenvalue weighted by atomic mass is 16.6. The molecule has 1 aliphatic rings. The summed E-state index contributed by atoms with van der Waals surface area (Å²) in [4.78, 5) is 13.0. The Morgan fingerprint density at radius 3 is 2.13 bits per heavy atom. The number of fused-ring (bicyclic) bond motifs is 1. The van der Waals surface area contributed by atoms with Gasteiger partial charge in [0.1, 0.15) is 23.4 Å². The number of carbonyl (C=O) groups is 1. The van der Waals surface area contributed by atoms with E-state index in [9.17, 15) is 40.5 Å². The van der Waals surface area contributed by atoms with Crippen molar-refractivity contribution in [3.8, 4) is 46.0 Å². The van der Waals surface area contributed by atoms with Crippen molar-refractivity contribution in [1.29, 1.82) is 0 Å². The van der Waals surface area contributed by atoms with E-state index in [1.807, 2.05) is 30.3 Å². The third-order valence-electron chi connectivity index (χ3n) is 6.54. The van der Waals surface area contributed by atoms with E-state index in [1.54, 1.807) is 0 Å². The summed E-state index contributed by atoms with van der Waals surface area (Å²) in [6.45, 7) is 0. The largest absolute Gasteiger partial charge is 0.507 e. The summed E-state index contributed by atoms with van der Waals surface area (Å²) >= 11 is 0. The Hall–Kier alpha value is -5.25. The van der Waals surface area contributed by atoms with Crippen molar-refractivity contribution < 1.29 is 50.0 Å².